The zero-order valence-electron chi connectivity index (χ0n) is 8.69. The molecule has 0 aliphatic carbocycles. The van der Waals surface area contributed by atoms with Gasteiger partial charge >= 0.3 is 0 Å². The lowest BCUT2D eigenvalue weighted by Gasteiger charge is -2.08. The molecule has 3 heteroatoms. The number of para-hydroxylation sites is 2. The molecule has 16 heavy (non-hydrogen) atoms. The van der Waals surface area contributed by atoms with Gasteiger partial charge in [-0.3, -0.25) is 0 Å². The summed E-state index contributed by atoms with van der Waals surface area (Å²) >= 11 is 5.88. The molecule has 0 atom stereocenters. The number of anilines is 1. The Morgan fingerprint density at radius 1 is 1.06 bits per heavy atom. The summed E-state index contributed by atoms with van der Waals surface area (Å²) in [6.45, 7) is 0.467. The lowest BCUT2D eigenvalue weighted by Crippen LogP contribution is -1.98. The molecule has 0 aliphatic heterocycles. The summed E-state index contributed by atoms with van der Waals surface area (Å²) in [7, 11) is 0. The van der Waals surface area contributed by atoms with Gasteiger partial charge in [0.1, 0.15) is 12.4 Å². The Balaban J connectivity index is 2.05. The molecule has 0 saturated carbocycles. The van der Waals surface area contributed by atoms with Gasteiger partial charge in [-0.15, -0.1) is 0 Å². The number of nitrogens with two attached hydrogens (primary N) is 1. The molecule has 0 radical (unpaired) electrons. The van der Waals surface area contributed by atoms with Gasteiger partial charge in [0.25, 0.3) is 0 Å². The van der Waals surface area contributed by atoms with E-state index in [1.54, 1.807) is 0 Å². The van der Waals surface area contributed by atoms with Crippen molar-refractivity contribution in [1.82, 2.24) is 0 Å². The van der Waals surface area contributed by atoms with Crippen molar-refractivity contribution in [3.8, 4) is 5.75 Å². The van der Waals surface area contributed by atoms with Gasteiger partial charge in [-0.05, 0) is 29.8 Å². The van der Waals surface area contributed by atoms with E-state index in [1.165, 1.54) is 0 Å². The summed E-state index contributed by atoms with van der Waals surface area (Å²) in [5.74, 6) is 0.697. The van der Waals surface area contributed by atoms with Crippen LogP contribution in [0, 0.1) is 0 Å². The smallest absolute Gasteiger partial charge is 0.142 e. The second-order valence-electron chi connectivity index (χ2n) is 3.46. The van der Waals surface area contributed by atoms with Crippen LogP contribution in [-0.4, -0.2) is 0 Å². The zero-order chi connectivity index (χ0) is 11.4. The van der Waals surface area contributed by atoms with Crippen molar-refractivity contribution >= 4 is 17.3 Å². The molecule has 0 fully saturated rings. The Kier molecular flexibility index (Phi) is 3.32. The summed E-state index contributed by atoms with van der Waals surface area (Å²) < 4.78 is 5.59. The molecule has 0 aromatic heterocycles. The van der Waals surface area contributed by atoms with E-state index in [0.717, 1.165) is 5.56 Å². The molecule has 0 spiro atoms. The van der Waals surface area contributed by atoms with Crippen molar-refractivity contribution in [2.24, 2.45) is 0 Å². The minimum atomic E-state index is 0.467. The monoisotopic (exact) mass is 233 g/mol. The van der Waals surface area contributed by atoms with Crippen LogP contribution < -0.4 is 10.5 Å². The topological polar surface area (TPSA) is 35.2 Å². The Hall–Kier alpha value is -1.67. The third-order valence-corrected chi connectivity index (χ3v) is 2.44. The SMILES string of the molecule is Nc1ccccc1OCc1cccc(Cl)c1. The number of ether oxygens (including phenoxy) is 1. The average Bonchev–Trinajstić information content (AvgIpc) is 2.28. The van der Waals surface area contributed by atoms with Crippen molar-refractivity contribution in [2.75, 3.05) is 5.73 Å². The third-order valence-electron chi connectivity index (χ3n) is 2.20. The van der Waals surface area contributed by atoms with E-state index in [1.807, 2.05) is 48.5 Å². The average molecular weight is 234 g/mol. The molecule has 82 valence electrons. The predicted molar refractivity (Wildman–Crippen MR) is 66.6 cm³/mol. The van der Waals surface area contributed by atoms with Gasteiger partial charge in [-0.2, -0.15) is 0 Å². The molecule has 2 nitrogen and oxygen atoms in total. The number of halogens is 1. The van der Waals surface area contributed by atoms with Crippen LogP contribution in [0.5, 0.6) is 5.75 Å². The number of nitrogen functional groups attached to an aromatic ring is 1. The Bertz CT molecular complexity index is 485. The summed E-state index contributed by atoms with van der Waals surface area (Å²) in [6, 6.07) is 15.0. The number of rotatable bonds is 3. The van der Waals surface area contributed by atoms with Crippen LogP contribution in [0.1, 0.15) is 5.56 Å². The molecule has 0 amide bonds. The third kappa shape index (κ3) is 2.67. The maximum Gasteiger partial charge on any atom is 0.142 e. The summed E-state index contributed by atoms with van der Waals surface area (Å²) in [6.07, 6.45) is 0. The molecule has 0 aliphatic rings. The van der Waals surface area contributed by atoms with Crippen LogP contribution in [0.25, 0.3) is 0 Å². The summed E-state index contributed by atoms with van der Waals surface area (Å²) in [4.78, 5) is 0. The van der Waals surface area contributed by atoms with Crippen molar-refractivity contribution in [2.45, 2.75) is 6.61 Å². The van der Waals surface area contributed by atoms with Crippen LogP contribution >= 0.6 is 11.6 Å². The second kappa shape index (κ2) is 4.90. The van der Waals surface area contributed by atoms with E-state index in [9.17, 15) is 0 Å². The van der Waals surface area contributed by atoms with E-state index >= 15 is 0 Å². The Labute approximate surface area is 99.6 Å². The van der Waals surface area contributed by atoms with Crippen molar-refractivity contribution in [1.29, 1.82) is 0 Å². The molecule has 0 unspecified atom stereocenters. The van der Waals surface area contributed by atoms with Gasteiger partial charge in [0.2, 0.25) is 0 Å². The molecular formula is C13H12ClNO. The highest BCUT2D eigenvalue weighted by molar-refractivity contribution is 6.30. The van der Waals surface area contributed by atoms with E-state index in [-0.39, 0.29) is 0 Å². The lowest BCUT2D eigenvalue weighted by atomic mass is 10.2. The van der Waals surface area contributed by atoms with Gasteiger partial charge in [0.05, 0.1) is 5.69 Å². The number of benzene rings is 2. The maximum atomic E-state index is 5.88. The molecule has 0 saturated heterocycles. The highest BCUT2D eigenvalue weighted by Crippen LogP contribution is 2.21. The Morgan fingerprint density at radius 2 is 1.88 bits per heavy atom. The molecule has 2 N–H and O–H groups in total. The van der Waals surface area contributed by atoms with Crippen LogP contribution in [0.15, 0.2) is 48.5 Å². The van der Waals surface area contributed by atoms with Crippen molar-refractivity contribution in [3.05, 3.63) is 59.1 Å². The Morgan fingerprint density at radius 3 is 2.62 bits per heavy atom. The van der Waals surface area contributed by atoms with Crippen LogP contribution in [0.3, 0.4) is 0 Å². The van der Waals surface area contributed by atoms with Crippen molar-refractivity contribution in [3.63, 3.8) is 0 Å². The first-order valence-corrected chi connectivity index (χ1v) is 5.35. The zero-order valence-corrected chi connectivity index (χ0v) is 9.45. The second-order valence-corrected chi connectivity index (χ2v) is 3.89. The van der Waals surface area contributed by atoms with Gasteiger partial charge < -0.3 is 10.5 Å². The van der Waals surface area contributed by atoms with Gasteiger partial charge in [-0.1, -0.05) is 35.9 Å². The van der Waals surface area contributed by atoms with E-state index in [4.69, 9.17) is 22.1 Å². The first kappa shape index (κ1) is 10.8. The number of hydrogen-bond acceptors (Lipinski definition) is 2. The fourth-order valence-corrected chi connectivity index (χ4v) is 1.61. The largest absolute Gasteiger partial charge is 0.487 e. The standard InChI is InChI=1S/C13H12ClNO/c14-11-5-3-4-10(8-11)9-16-13-7-2-1-6-12(13)15/h1-8H,9,15H2. The lowest BCUT2D eigenvalue weighted by molar-refractivity contribution is 0.308. The molecule has 2 rings (SSSR count). The van der Waals surface area contributed by atoms with Crippen LogP contribution in [-0.2, 0) is 6.61 Å². The van der Waals surface area contributed by atoms with E-state index < -0.39 is 0 Å². The highest BCUT2D eigenvalue weighted by Gasteiger charge is 1.99. The normalized spacial score (nSPS) is 10.1. The minimum Gasteiger partial charge on any atom is -0.487 e. The first-order chi connectivity index (χ1) is 7.75. The van der Waals surface area contributed by atoms with E-state index in [0.29, 0.717) is 23.1 Å². The fourth-order valence-electron chi connectivity index (χ4n) is 1.40. The van der Waals surface area contributed by atoms with Crippen LogP contribution in [0.4, 0.5) is 5.69 Å². The molecular weight excluding hydrogens is 222 g/mol. The molecule has 2 aromatic rings. The maximum absolute atomic E-state index is 5.88. The quantitative estimate of drug-likeness (QED) is 0.824. The van der Waals surface area contributed by atoms with Gasteiger partial charge in [0, 0.05) is 5.02 Å². The fraction of sp³-hybridized carbons (Fsp3) is 0.0769. The van der Waals surface area contributed by atoms with E-state index in [2.05, 4.69) is 0 Å². The van der Waals surface area contributed by atoms with Crippen molar-refractivity contribution < 1.29 is 4.74 Å². The predicted octanol–water partition coefficient (Wildman–Crippen LogP) is 3.50. The van der Waals surface area contributed by atoms with Gasteiger partial charge in [-0.25, -0.2) is 0 Å². The molecule has 0 heterocycles. The summed E-state index contributed by atoms with van der Waals surface area (Å²) in [5, 5.41) is 0.710. The molecule has 2 aromatic carbocycles. The van der Waals surface area contributed by atoms with Gasteiger partial charge in [0.15, 0.2) is 0 Å². The summed E-state index contributed by atoms with van der Waals surface area (Å²) in [5.41, 5.74) is 7.43. The first-order valence-electron chi connectivity index (χ1n) is 4.97. The minimum absolute atomic E-state index is 0.467. The molecule has 0 bridgehead atoms. The van der Waals surface area contributed by atoms with Crippen LogP contribution in [0.2, 0.25) is 5.02 Å². The highest BCUT2D eigenvalue weighted by atomic mass is 35.5. The number of hydrogen-bond donors (Lipinski definition) is 1.